The molecule has 1 aliphatic carbocycles. The van der Waals surface area contributed by atoms with E-state index in [4.69, 9.17) is 19.2 Å². The molecule has 1 aromatic heterocycles. The third-order valence-corrected chi connectivity index (χ3v) is 7.80. The number of carbonyl (C=O) groups is 1. The van der Waals surface area contributed by atoms with E-state index >= 15 is 0 Å². The molecule has 7 nitrogen and oxygen atoms in total. The van der Waals surface area contributed by atoms with Crippen LogP contribution < -0.4 is 14.8 Å². The number of anilines is 1. The lowest BCUT2D eigenvalue weighted by atomic mass is 9.74. The van der Waals surface area contributed by atoms with Gasteiger partial charge in [-0.3, -0.25) is 0 Å². The van der Waals surface area contributed by atoms with Crippen LogP contribution in [0.4, 0.5) is 9.93 Å². The van der Waals surface area contributed by atoms with Gasteiger partial charge in [-0.15, -0.1) is 11.3 Å². The second-order valence-corrected chi connectivity index (χ2v) is 10.2. The molecule has 2 fully saturated rings. The van der Waals surface area contributed by atoms with Gasteiger partial charge >= 0.3 is 6.09 Å². The Bertz CT molecular complexity index is 949. The van der Waals surface area contributed by atoms with Gasteiger partial charge in [0, 0.05) is 29.8 Å². The van der Waals surface area contributed by atoms with E-state index in [0.29, 0.717) is 13.1 Å². The quantitative estimate of drug-likeness (QED) is 0.273. The number of hydrogen-bond acceptors (Lipinski definition) is 7. The molecule has 1 N–H and O–H groups in total. The first kappa shape index (κ1) is 23.4. The molecule has 0 unspecified atom stereocenters. The zero-order chi connectivity index (χ0) is 22.7. The van der Waals surface area contributed by atoms with E-state index in [1.54, 1.807) is 23.3 Å². The van der Waals surface area contributed by atoms with E-state index in [1.165, 1.54) is 20.0 Å². The molecule has 2 aliphatic rings. The highest BCUT2D eigenvalue weighted by atomic mass is 127. The standard InChI is InChI=1S/C23H30IN3O4S/c1-23(20-12-32-21(26-20)25-14-24)13-27(22(28)30-3)11-17(23)15-8-9-18(29-2)19(10-15)31-16-6-4-5-7-16/h8-10,12,16-17H,4-7,11,13-14H2,1-3H3,(H,25,26)/t17-,23+/m0/s1. The van der Waals surface area contributed by atoms with Crippen LogP contribution in [0, 0.1) is 0 Å². The summed E-state index contributed by atoms with van der Waals surface area (Å²) in [4.78, 5) is 19.1. The minimum absolute atomic E-state index is 0.0491. The zero-order valence-electron chi connectivity index (χ0n) is 18.7. The SMILES string of the molecule is COC(=O)N1C[C@@H](c2ccc(OC)c(OC3CCCC3)c2)[C@](C)(c2csc(NCI)n2)C1. The fourth-order valence-corrected chi connectivity index (χ4v) is 6.33. The number of nitrogens with one attached hydrogen (secondary N) is 1. The van der Waals surface area contributed by atoms with Gasteiger partial charge in [0.25, 0.3) is 0 Å². The van der Waals surface area contributed by atoms with E-state index in [0.717, 1.165) is 45.3 Å². The van der Waals surface area contributed by atoms with Crippen molar-refractivity contribution in [2.45, 2.75) is 50.0 Å². The minimum atomic E-state index is -0.352. The molecule has 1 aromatic carbocycles. The molecule has 1 saturated carbocycles. The minimum Gasteiger partial charge on any atom is -0.493 e. The van der Waals surface area contributed by atoms with Crippen LogP contribution in [0.1, 0.15) is 49.8 Å². The van der Waals surface area contributed by atoms with Crippen molar-refractivity contribution < 1.29 is 19.0 Å². The van der Waals surface area contributed by atoms with Crippen molar-refractivity contribution in [3.8, 4) is 11.5 Å². The average Bonchev–Trinajstić information content (AvgIpc) is 3.54. The van der Waals surface area contributed by atoms with Crippen LogP contribution in [-0.2, 0) is 10.2 Å². The molecule has 2 heterocycles. The summed E-state index contributed by atoms with van der Waals surface area (Å²) in [6, 6.07) is 6.16. The van der Waals surface area contributed by atoms with Gasteiger partial charge < -0.3 is 24.4 Å². The number of amides is 1. The van der Waals surface area contributed by atoms with Gasteiger partial charge in [-0.2, -0.15) is 0 Å². The molecule has 4 rings (SSSR count). The number of likely N-dealkylation sites (tertiary alicyclic amines) is 1. The van der Waals surface area contributed by atoms with Crippen LogP contribution >= 0.6 is 33.9 Å². The third-order valence-electron chi connectivity index (χ3n) is 6.62. The Labute approximate surface area is 207 Å². The molecule has 9 heteroatoms. The van der Waals surface area contributed by atoms with Gasteiger partial charge in [0.15, 0.2) is 16.6 Å². The summed E-state index contributed by atoms with van der Waals surface area (Å²) in [5.41, 5.74) is 1.75. The number of rotatable bonds is 7. The number of benzene rings is 1. The van der Waals surface area contributed by atoms with Gasteiger partial charge in [-0.25, -0.2) is 9.78 Å². The number of thiazole rings is 1. The first-order valence-corrected chi connectivity index (χ1v) is 13.3. The molecule has 0 bridgehead atoms. The molecule has 32 heavy (non-hydrogen) atoms. The lowest BCUT2D eigenvalue weighted by Crippen LogP contribution is -2.34. The molecular weight excluding hydrogens is 541 g/mol. The number of methoxy groups -OCH3 is 2. The predicted octanol–water partition coefficient (Wildman–Crippen LogP) is 5.40. The van der Waals surface area contributed by atoms with Crippen molar-refractivity contribution in [1.29, 1.82) is 0 Å². The van der Waals surface area contributed by atoms with E-state index in [-0.39, 0.29) is 23.5 Å². The summed E-state index contributed by atoms with van der Waals surface area (Å²) in [5.74, 6) is 1.57. The number of ether oxygens (including phenoxy) is 3. The number of aromatic nitrogens is 1. The lowest BCUT2D eigenvalue weighted by Gasteiger charge is -2.29. The van der Waals surface area contributed by atoms with E-state index in [2.05, 4.69) is 52.3 Å². The van der Waals surface area contributed by atoms with Crippen molar-refractivity contribution >= 4 is 45.2 Å². The normalized spacial score (nSPS) is 23.4. The Morgan fingerprint density at radius 3 is 2.78 bits per heavy atom. The summed E-state index contributed by atoms with van der Waals surface area (Å²) in [7, 11) is 3.10. The summed E-state index contributed by atoms with van der Waals surface area (Å²) < 4.78 is 17.8. The molecular formula is C23H30IN3O4S. The summed E-state index contributed by atoms with van der Waals surface area (Å²) >= 11 is 3.87. The van der Waals surface area contributed by atoms with Crippen LogP contribution in [0.3, 0.4) is 0 Å². The van der Waals surface area contributed by atoms with Crippen molar-refractivity contribution in [3.63, 3.8) is 0 Å². The molecule has 0 spiro atoms. The van der Waals surface area contributed by atoms with Crippen LogP contribution in [0.2, 0.25) is 0 Å². The lowest BCUT2D eigenvalue weighted by molar-refractivity contribution is 0.130. The van der Waals surface area contributed by atoms with Crippen LogP contribution in [-0.4, -0.2) is 53.9 Å². The van der Waals surface area contributed by atoms with Crippen molar-refractivity contribution in [2.75, 3.05) is 37.2 Å². The number of carbonyl (C=O) groups excluding carboxylic acids is 1. The smallest absolute Gasteiger partial charge is 0.409 e. The van der Waals surface area contributed by atoms with Crippen molar-refractivity contribution in [2.24, 2.45) is 0 Å². The Kier molecular flexibility index (Phi) is 7.34. The van der Waals surface area contributed by atoms with Crippen LogP contribution in [0.5, 0.6) is 11.5 Å². The Hall–Kier alpha value is -1.75. The van der Waals surface area contributed by atoms with Gasteiger partial charge in [0.2, 0.25) is 0 Å². The Morgan fingerprint density at radius 1 is 1.31 bits per heavy atom. The molecule has 0 radical (unpaired) electrons. The maximum atomic E-state index is 12.4. The number of nitrogens with zero attached hydrogens (tertiary/aromatic N) is 2. The monoisotopic (exact) mass is 571 g/mol. The molecule has 2 atom stereocenters. The predicted molar refractivity (Wildman–Crippen MR) is 135 cm³/mol. The largest absolute Gasteiger partial charge is 0.493 e. The number of alkyl halides is 1. The van der Waals surface area contributed by atoms with Gasteiger partial charge in [-0.1, -0.05) is 35.6 Å². The van der Waals surface area contributed by atoms with Crippen LogP contribution in [0.15, 0.2) is 23.6 Å². The first-order chi connectivity index (χ1) is 15.5. The van der Waals surface area contributed by atoms with Gasteiger partial charge in [0.05, 0.1) is 30.6 Å². The van der Waals surface area contributed by atoms with E-state index in [9.17, 15) is 4.79 Å². The highest BCUT2D eigenvalue weighted by Crippen LogP contribution is 2.47. The van der Waals surface area contributed by atoms with Crippen molar-refractivity contribution in [3.05, 3.63) is 34.8 Å². The summed E-state index contributed by atoms with van der Waals surface area (Å²) in [6.07, 6.45) is 4.50. The summed E-state index contributed by atoms with van der Waals surface area (Å²) in [6.45, 7) is 3.29. The van der Waals surface area contributed by atoms with Crippen molar-refractivity contribution in [1.82, 2.24) is 9.88 Å². The van der Waals surface area contributed by atoms with E-state index in [1.807, 2.05) is 6.07 Å². The van der Waals surface area contributed by atoms with Gasteiger partial charge in [0.1, 0.15) is 0 Å². The number of halogens is 1. The zero-order valence-corrected chi connectivity index (χ0v) is 21.7. The third kappa shape index (κ3) is 4.64. The van der Waals surface area contributed by atoms with Gasteiger partial charge in [-0.05, 0) is 43.4 Å². The molecule has 174 valence electrons. The Balaban J connectivity index is 1.70. The highest BCUT2D eigenvalue weighted by Gasteiger charge is 2.48. The Morgan fingerprint density at radius 2 is 2.09 bits per heavy atom. The maximum Gasteiger partial charge on any atom is 0.409 e. The topological polar surface area (TPSA) is 72.9 Å². The summed E-state index contributed by atoms with van der Waals surface area (Å²) in [5, 5.41) is 6.28. The molecule has 2 aromatic rings. The first-order valence-electron chi connectivity index (χ1n) is 10.9. The number of hydrogen-bond donors (Lipinski definition) is 1. The average molecular weight is 571 g/mol. The molecule has 1 saturated heterocycles. The second-order valence-electron chi connectivity index (χ2n) is 8.60. The van der Waals surface area contributed by atoms with E-state index < -0.39 is 0 Å². The molecule has 1 aliphatic heterocycles. The molecule has 1 amide bonds. The second kappa shape index (κ2) is 10.0. The highest BCUT2D eigenvalue weighted by molar-refractivity contribution is 14.1. The van der Waals surface area contributed by atoms with Crippen LogP contribution in [0.25, 0.3) is 0 Å². The maximum absolute atomic E-state index is 12.4. The fourth-order valence-electron chi connectivity index (χ4n) is 4.86. The fraction of sp³-hybridized carbons (Fsp3) is 0.565.